The van der Waals surface area contributed by atoms with E-state index >= 15 is 0 Å². The lowest BCUT2D eigenvalue weighted by Crippen LogP contribution is -2.26. The number of benzene rings is 1. The van der Waals surface area contributed by atoms with Gasteiger partial charge in [0.2, 0.25) is 0 Å². The minimum Gasteiger partial charge on any atom is -0.372 e. The van der Waals surface area contributed by atoms with Crippen LogP contribution in [0.4, 0.5) is 0 Å². The van der Waals surface area contributed by atoms with Gasteiger partial charge in [0.25, 0.3) is 5.91 Å². The Morgan fingerprint density at radius 2 is 2.06 bits per heavy atom. The van der Waals surface area contributed by atoms with E-state index < -0.39 is 0 Å². The third kappa shape index (κ3) is 3.59. The van der Waals surface area contributed by atoms with Crippen molar-refractivity contribution in [1.29, 1.82) is 0 Å². The molecule has 0 saturated heterocycles. The summed E-state index contributed by atoms with van der Waals surface area (Å²) in [6.07, 6.45) is 0. The molecule has 0 atom stereocenters. The van der Waals surface area contributed by atoms with Crippen molar-refractivity contribution in [3.63, 3.8) is 0 Å². The highest BCUT2D eigenvalue weighted by Crippen LogP contribution is 2.10. The van der Waals surface area contributed by atoms with Crippen molar-refractivity contribution >= 4 is 5.91 Å². The van der Waals surface area contributed by atoms with Gasteiger partial charge in [-0.1, -0.05) is 24.0 Å². The topological polar surface area (TPSA) is 38.8 Å². The fourth-order valence-electron chi connectivity index (χ4n) is 1.23. The summed E-state index contributed by atoms with van der Waals surface area (Å²) in [5, 5.41) is 1.16. The predicted octanol–water partition coefficient (Wildman–Crippen LogP) is 1.32. The van der Waals surface area contributed by atoms with E-state index in [1.807, 2.05) is 6.07 Å². The van der Waals surface area contributed by atoms with Crippen LogP contribution in [0.5, 0.6) is 0 Å². The minimum absolute atomic E-state index is 0.227. The van der Waals surface area contributed by atoms with E-state index in [0.29, 0.717) is 17.7 Å². The lowest BCUT2D eigenvalue weighted by Gasteiger charge is -2.14. The molecule has 0 aliphatic heterocycles. The standard InChI is InChI=1S/C13H15NO3/c1-14(17-3)13(15)12-9-5-4-7-11(12)8-6-10-16-2/h4-5,7,9H,10H2,1-3H3. The molecule has 0 radical (unpaired) electrons. The van der Waals surface area contributed by atoms with E-state index in [1.54, 1.807) is 32.4 Å². The van der Waals surface area contributed by atoms with Crippen LogP contribution in [0.3, 0.4) is 0 Å². The maximum Gasteiger partial charge on any atom is 0.278 e. The molecular weight excluding hydrogens is 218 g/mol. The number of hydrogen-bond acceptors (Lipinski definition) is 3. The summed E-state index contributed by atoms with van der Waals surface area (Å²) in [6.45, 7) is 0.336. The van der Waals surface area contributed by atoms with Gasteiger partial charge in [-0.15, -0.1) is 0 Å². The Bertz CT molecular complexity index is 445. The molecular formula is C13H15NO3. The molecule has 1 aromatic carbocycles. The lowest BCUT2D eigenvalue weighted by molar-refractivity contribution is -0.0757. The van der Waals surface area contributed by atoms with Crippen molar-refractivity contribution in [2.24, 2.45) is 0 Å². The number of carbonyl (C=O) groups excluding carboxylic acids is 1. The Hall–Kier alpha value is -1.83. The molecule has 0 unspecified atom stereocenters. The second-order valence-corrected chi connectivity index (χ2v) is 3.27. The van der Waals surface area contributed by atoms with Crippen molar-refractivity contribution in [3.8, 4) is 11.8 Å². The Morgan fingerprint density at radius 3 is 2.71 bits per heavy atom. The molecule has 4 heteroatoms. The smallest absolute Gasteiger partial charge is 0.278 e. The number of nitrogens with zero attached hydrogens (tertiary/aromatic N) is 1. The summed E-state index contributed by atoms with van der Waals surface area (Å²) in [6, 6.07) is 7.13. The third-order valence-corrected chi connectivity index (χ3v) is 2.16. The average molecular weight is 233 g/mol. The van der Waals surface area contributed by atoms with Crippen molar-refractivity contribution in [1.82, 2.24) is 5.06 Å². The van der Waals surface area contributed by atoms with Crippen LogP contribution in [0.25, 0.3) is 0 Å². The van der Waals surface area contributed by atoms with E-state index in [0.717, 1.165) is 5.06 Å². The summed E-state index contributed by atoms with van der Waals surface area (Å²) in [4.78, 5) is 16.8. The van der Waals surface area contributed by atoms with Gasteiger partial charge in [-0.3, -0.25) is 9.63 Å². The first-order chi connectivity index (χ1) is 8.20. The molecule has 4 nitrogen and oxygen atoms in total. The van der Waals surface area contributed by atoms with E-state index in [2.05, 4.69) is 11.8 Å². The van der Waals surface area contributed by atoms with Crippen LogP contribution in [-0.2, 0) is 9.57 Å². The van der Waals surface area contributed by atoms with Gasteiger partial charge >= 0.3 is 0 Å². The number of amides is 1. The summed E-state index contributed by atoms with van der Waals surface area (Å²) >= 11 is 0. The molecule has 0 saturated carbocycles. The van der Waals surface area contributed by atoms with Gasteiger partial charge in [-0.2, -0.15) is 0 Å². The zero-order valence-electron chi connectivity index (χ0n) is 10.2. The van der Waals surface area contributed by atoms with E-state index in [1.165, 1.54) is 7.11 Å². The molecule has 0 N–H and O–H groups in total. The fraction of sp³-hybridized carbons (Fsp3) is 0.308. The fourth-order valence-corrected chi connectivity index (χ4v) is 1.23. The Labute approximate surface area is 101 Å². The monoisotopic (exact) mass is 233 g/mol. The van der Waals surface area contributed by atoms with Crippen LogP contribution in [0.15, 0.2) is 24.3 Å². The van der Waals surface area contributed by atoms with Gasteiger partial charge in [0.15, 0.2) is 0 Å². The van der Waals surface area contributed by atoms with Gasteiger partial charge in [0.1, 0.15) is 6.61 Å². The highest BCUT2D eigenvalue weighted by atomic mass is 16.7. The number of rotatable bonds is 3. The first-order valence-electron chi connectivity index (χ1n) is 5.09. The zero-order chi connectivity index (χ0) is 12.7. The molecule has 1 aromatic rings. The van der Waals surface area contributed by atoms with E-state index in [9.17, 15) is 4.79 Å². The summed E-state index contributed by atoms with van der Waals surface area (Å²) in [5.41, 5.74) is 1.18. The maximum absolute atomic E-state index is 11.9. The SMILES string of the molecule is COCC#Cc1ccccc1C(=O)N(C)OC. The quantitative estimate of drug-likeness (QED) is 0.584. The summed E-state index contributed by atoms with van der Waals surface area (Å²) in [5.74, 6) is 5.49. The van der Waals surface area contributed by atoms with Crippen LogP contribution in [0, 0.1) is 11.8 Å². The zero-order valence-corrected chi connectivity index (χ0v) is 10.2. The predicted molar refractivity (Wildman–Crippen MR) is 64.3 cm³/mol. The highest BCUT2D eigenvalue weighted by Gasteiger charge is 2.13. The van der Waals surface area contributed by atoms with E-state index in [-0.39, 0.29) is 5.91 Å². The second-order valence-electron chi connectivity index (χ2n) is 3.27. The number of methoxy groups -OCH3 is 1. The molecule has 1 amide bonds. The van der Waals surface area contributed by atoms with Gasteiger partial charge in [0.05, 0.1) is 12.7 Å². The van der Waals surface area contributed by atoms with Crippen LogP contribution >= 0.6 is 0 Å². The molecule has 0 fully saturated rings. The van der Waals surface area contributed by atoms with Crippen molar-refractivity contribution in [2.45, 2.75) is 0 Å². The molecule has 0 spiro atoms. The van der Waals surface area contributed by atoms with Gasteiger partial charge in [-0.05, 0) is 12.1 Å². The molecule has 1 rings (SSSR count). The molecule has 0 aromatic heterocycles. The normalized spacial score (nSPS) is 9.35. The average Bonchev–Trinajstić information content (AvgIpc) is 2.38. The van der Waals surface area contributed by atoms with E-state index in [4.69, 9.17) is 9.57 Å². The minimum atomic E-state index is -0.227. The Balaban J connectivity index is 3.01. The largest absolute Gasteiger partial charge is 0.372 e. The highest BCUT2D eigenvalue weighted by molar-refractivity contribution is 5.95. The van der Waals surface area contributed by atoms with Crippen LogP contribution < -0.4 is 0 Å². The van der Waals surface area contributed by atoms with Gasteiger partial charge in [0, 0.05) is 19.7 Å². The maximum atomic E-state index is 11.9. The summed E-state index contributed by atoms with van der Waals surface area (Å²) < 4.78 is 4.84. The van der Waals surface area contributed by atoms with Gasteiger partial charge < -0.3 is 4.74 Å². The molecule has 0 aliphatic carbocycles. The molecule has 17 heavy (non-hydrogen) atoms. The van der Waals surface area contributed by atoms with Crippen molar-refractivity contribution in [2.75, 3.05) is 27.9 Å². The molecule has 0 bridgehead atoms. The second kappa shape index (κ2) is 6.69. The van der Waals surface area contributed by atoms with Crippen LogP contribution in [-0.4, -0.2) is 38.8 Å². The van der Waals surface area contributed by atoms with Crippen molar-refractivity contribution in [3.05, 3.63) is 35.4 Å². The number of carbonyl (C=O) groups is 1. The Kier molecular flexibility index (Phi) is 5.21. The van der Waals surface area contributed by atoms with Gasteiger partial charge in [-0.25, -0.2) is 5.06 Å². The first kappa shape index (κ1) is 13.2. The third-order valence-electron chi connectivity index (χ3n) is 2.16. The van der Waals surface area contributed by atoms with Crippen LogP contribution in [0.2, 0.25) is 0 Å². The Morgan fingerprint density at radius 1 is 1.35 bits per heavy atom. The number of hydrogen-bond donors (Lipinski definition) is 0. The first-order valence-corrected chi connectivity index (χ1v) is 5.09. The van der Waals surface area contributed by atoms with Crippen molar-refractivity contribution < 1.29 is 14.4 Å². The summed E-state index contributed by atoms with van der Waals surface area (Å²) in [7, 11) is 4.57. The van der Waals surface area contributed by atoms with Crippen LogP contribution in [0.1, 0.15) is 15.9 Å². The number of hydroxylamine groups is 2. The lowest BCUT2D eigenvalue weighted by atomic mass is 10.1. The molecule has 0 aliphatic rings. The molecule has 90 valence electrons. The number of ether oxygens (including phenoxy) is 1. The molecule has 0 heterocycles.